The van der Waals surface area contributed by atoms with E-state index in [1.807, 2.05) is 6.92 Å². The molecule has 0 fully saturated rings. The third-order valence-corrected chi connectivity index (χ3v) is 2.02. The Balaban J connectivity index is 2.97. The molecule has 0 saturated heterocycles. The van der Waals surface area contributed by atoms with E-state index < -0.39 is 0 Å². The molecule has 0 aromatic heterocycles. The summed E-state index contributed by atoms with van der Waals surface area (Å²) in [5.74, 6) is 0.933. The molecule has 5 heteroatoms. The van der Waals surface area contributed by atoms with Gasteiger partial charge in [-0.25, -0.2) is 0 Å². The van der Waals surface area contributed by atoms with Crippen molar-refractivity contribution in [3.63, 3.8) is 0 Å². The highest BCUT2D eigenvalue weighted by molar-refractivity contribution is 5.53. The third kappa shape index (κ3) is 3.01. The summed E-state index contributed by atoms with van der Waals surface area (Å²) in [5, 5.41) is 9.72. The molecule has 0 radical (unpaired) electrons. The lowest BCUT2D eigenvalue weighted by Crippen LogP contribution is -2.11. The van der Waals surface area contributed by atoms with Gasteiger partial charge in [0.25, 0.3) is 0 Å². The molecule has 1 aromatic carbocycles. The summed E-state index contributed by atoms with van der Waals surface area (Å²) in [6.45, 7) is 2.86. The van der Waals surface area contributed by atoms with Gasteiger partial charge in [-0.15, -0.1) is 0 Å². The van der Waals surface area contributed by atoms with Crippen molar-refractivity contribution in [2.45, 2.75) is 13.5 Å². The quantitative estimate of drug-likeness (QED) is 0.720. The molecular weight excluding hydrogens is 210 g/mol. The number of nitrogens with one attached hydrogen (secondary N) is 1. The van der Waals surface area contributed by atoms with Gasteiger partial charge in [-0.3, -0.25) is 0 Å². The van der Waals surface area contributed by atoms with E-state index in [1.54, 1.807) is 12.1 Å². The summed E-state index contributed by atoms with van der Waals surface area (Å²) in [6, 6.07) is 3.40. The van der Waals surface area contributed by atoms with Gasteiger partial charge in [-0.05, 0) is 24.6 Å². The van der Waals surface area contributed by atoms with Crippen molar-refractivity contribution >= 4 is 0 Å². The molecule has 0 atom stereocenters. The second-order valence-corrected chi connectivity index (χ2v) is 3.10. The average molecular weight is 227 g/mol. The van der Waals surface area contributed by atoms with Crippen LogP contribution in [0.2, 0.25) is 0 Å². The minimum Gasteiger partial charge on any atom is -0.504 e. The summed E-state index contributed by atoms with van der Waals surface area (Å²) in [4.78, 5) is 4.74. The molecule has 0 amide bonds. The monoisotopic (exact) mass is 227 g/mol. The molecule has 0 unspecified atom stereocenters. The van der Waals surface area contributed by atoms with E-state index in [0.29, 0.717) is 24.7 Å². The van der Waals surface area contributed by atoms with Crippen molar-refractivity contribution in [3.8, 4) is 17.2 Å². The number of methoxy groups -OCH3 is 1. The van der Waals surface area contributed by atoms with Crippen LogP contribution < -0.4 is 15.0 Å². The van der Waals surface area contributed by atoms with Crippen LogP contribution in [0.5, 0.6) is 17.2 Å². The van der Waals surface area contributed by atoms with E-state index in [9.17, 15) is 5.11 Å². The first kappa shape index (κ1) is 12.6. The number of ether oxygens (including phenoxy) is 2. The minimum atomic E-state index is 0.0568. The Kier molecular flexibility index (Phi) is 4.88. The number of benzene rings is 1. The smallest absolute Gasteiger partial charge is 0.203 e. The number of rotatable bonds is 6. The fourth-order valence-electron chi connectivity index (χ4n) is 1.37. The van der Waals surface area contributed by atoms with Gasteiger partial charge in [0.2, 0.25) is 5.75 Å². The predicted octanol–water partition coefficient (Wildman–Crippen LogP) is 1.45. The van der Waals surface area contributed by atoms with E-state index in [4.69, 9.17) is 14.3 Å². The van der Waals surface area contributed by atoms with Gasteiger partial charge in [-0.1, -0.05) is 0 Å². The fourth-order valence-corrected chi connectivity index (χ4v) is 1.37. The Morgan fingerprint density at radius 3 is 2.62 bits per heavy atom. The van der Waals surface area contributed by atoms with Crippen molar-refractivity contribution in [1.29, 1.82) is 0 Å². The topological polar surface area (TPSA) is 60.0 Å². The zero-order valence-electron chi connectivity index (χ0n) is 9.74. The molecule has 0 heterocycles. The van der Waals surface area contributed by atoms with Crippen LogP contribution in [0.1, 0.15) is 12.5 Å². The maximum absolute atomic E-state index is 9.72. The molecule has 0 aliphatic rings. The summed E-state index contributed by atoms with van der Waals surface area (Å²) >= 11 is 0. The summed E-state index contributed by atoms with van der Waals surface area (Å²) in [7, 11) is 3.03. The highest BCUT2D eigenvalue weighted by atomic mass is 16.6. The fraction of sp³-hybridized carbons (Fsp3) is 0.455. The van der Waals surface area contributed by atoms with Crippen LogP contribution in [0.25, 0.3) is 0 Å². The van der Waals surface area contributed by atoms with E-state index in [1.165, 1.54) is 14.2 Å². The molecule has 0 bridgehead atoms. The third-order valence-electron chi connectivity index (χ3n) is 2.02. The molecule has 0 aliphatic carbocycles. The van der Waals surface area contributed by atoms with Crippen molar-refractivity contribution in [2.24, 2.45) is 0 Å². The maximum atomic E-state index is 9.72. The van der Waals surface area contributed by atoms with Gasteiger partial charge < -0.3 is 19.4 Å². The molecule has 90 valence electrons. The van der Waals surface area contributed by atoms with Crippen molar-refractivity contribution in [2.75, 3.05) is 20.8 Å². The summed E-state index contributed by atoms with van der Waals surface area (Å²) in [6.07, 6.45) is 0. The van der Waals surface area contributed by atoms with Crippen molar-refractivity contribution in [1.82, 2.24) is 5.48 Å². The van der Waals surface area contributed by atoms with Gasteiger partial charge in [0.1, 0.15) is 0 Å². The average Bonchev–Trinajstić information content (AvgIpc) is 2.26. The minimum absolute atomic E-state index is 0.0568. The second-order valence-electron chi connectivity index (χ2n) is 3.10. The van der Waals surface area contributed by atoms with Crippen LogP contribution in [0.3, 0.4) is 0 Å². The lowest BCUT2D eigenvalue weighted by molar-refractivity contribution is 0.0866. The van der Waals surface area contributed by atoms with E-state index >= 15 is 0 Å². The Morgan fingerprint density at radius 2 is 2.06 bits per heavy atom. The molecule has 0 aliphatic heterocycles. The molecular formula is C11H17NO4. The van der Waals surface area contributed by atoms with Gasteiger partial charge in [0.15, 0.2) is 11.5 Å². The highest BCUT2D eigenvalue weighted by Crippen LogP contribution is 2.37. The Morgan fingerprint density at radius 1 is 1.31 bits per heavy atom. The Bertz CT molecular complexity index is 341. The maximum Gasteiger partial charge on any atom is 0.203 e. The van der Waals surface area contributed by atoms with Crippen LogP contribution in [0.4, 0.5) is 0 Å². The zero-order valence-corrected chi connectivity index (χ0v) is 9.74. The first-order valence-electron chi connectivity index (χ1n) is 5.01. The van der Waals surface area contributed by atoms with E-state index in [2.05, 4.69) is 5.48 Å². The molecule has 5 nitrogen and oxygen atoms in total. The molecule has 1 rings (SSSR count). The molecule has 2 N–H and O–H groups in total. The van der Waals surface area contributed by atoms with Gasteiger partial charge in [-0.2, -0.15) is 5.48 Å². The second kappa shape index (κ2) is 6.19. The number of phenolic OH excluding ortho intramolecular Hbond substituents is 1. The number of aromatic hydroxyl groups is 1. The lowest BCUT2D eigenvalue weighted by Gasteiger charge is -2.13. The van der Waals surface area contributed by atoms with Gasteiger partial charge in [0, 0.05) is 6.54 Å². The highest BCUT2D eigenvalue weighted by Gasteiger charge is 2.11. The lowest BCUT2D eigenvalue weighted by atomic mass is 10.2. The van der Waals surface area contributed by atoms with E-state index in [0.717, 1.165) is 5.56 Å². The van der Waals surface area contributed by atoms with Crippen LogP contribution in [-0.2, 0) is 11.4 Å². The number of hydrogen-bond acceptors (Lipinski definition) is 5. The van der Waals surface area contributed by atoms with Crippen LogP contribution in [0, 0.1) is 0 Å². The number of phenols is 1. The van der Waals surface area contributed by atoms with Crippen LogP contribution in [0.15, 0.2) is 12.1 Å². The molecule has 1 aromatic rings. The van der Waals surface area contributed by atoms with Crippen LogP contribution >= 0.6 is 0 Å². The Hall–Kier alpha value is -1.46. The summed E-state index contributed by atoms with van der Waals surface area (Å²) < 4.78 is 10.4. The number of hydrogen-bond donors (Lipinski definition) is 2. The van der Waals surface area contributed by atoms with Gasteiger partial charge >= 0.3 is 0 Å². The first-order valence-corrected chi connectivity index (χ1v) is 5.01. The zero-order chi connectivity index (χ0) is 12.0. The normalized spacial score (nSPS) is 10.2. The van der Waals surface area contributed by atoms with Crippen molar-refractivity contribution in [3.05, 3.63) is 17.7 Å². The predicted molar refractivity (Wildman–Crippen MR) is 59.7 cm³/mol. The number of hydroxylamine groups is 1. The van der Waals surface area contributed by atoms with Gasteiger partial charge in [0.05, 0.1) is 20.8 Å². The summed E-state index contributed by atoms with van der Waals surface area (Å²) in [5.41, 5.74) is 3.54. The standard InChI is InChI=1S/C11H17NO4/c1-4-16-10-6-8(7-12-15-3)5-9(13)11(10)14-2/h5-6,12-13H,4,7H2,1-3H3. The molecule has 0 spiro atoms. The molecule has 0 saturated carbocycles. The van der Waals surface area contributed by atoms with Crippen molar-refractivity contribution < 1.29 is 19.4 Å². The van der Waals surface area contributed by atoms with Crippen LogP contribution in [-0.4, -0.2) is 25.9 Å². The largest absolute Gasteiger partial charge is 0.504 e. The first-order chi connectivity index (χ1) is 7.72. The Labute approximate surface area is 94.9 Å². The molecule has 16 heavy (non-hydrogen) atoms. The van der Waals surface area contributed by atoms with E-state index in [-0.39, 0.29) is 5.75 Å². The SMILES string of the molecule is CCOc1cc(CNOC)cc(O)c1OC.